The third kappa shape index (κ3) is 4.69. The number of carboxylic acids is 1. The summed E-state index contributed by atoms with van der Waals surface area (Å²) in [7, 11) is 0. The van der Waals surface area contributed by atoms with Crippen molar-refractivity contribution in [3.8, 4) is 11.5 Å². The second-order valence-corrected chi connectivity index (χ2v) is 5.65. The highest BCUT2D eigenvalue weighted by Gasteiger charge is 2.29. The lowest BCUT2D eigenvalue weighted by molar-refractivity contribution is -0.139. The van der Waals surface area contributed by atoms with Gasteiger partial charge in [0.15, 0.2) is 23.2 Å². The predicted molar refractivity (Wildman–Crippen MR) is 96.5 cm³/mol. The van der Waals surface area contributed by atoms with E-state index >= 15 is 0 Å². The highest BCUT2D eigenvalue weighted by Crippen LogP contribution is 2.29. The number of hydrogen-bond acceptors (Lipinski definition) is 5. The van der Waals surface area contributed by atoms with E-state index < -0.39 is 12.6 Å². The lowest BCUT2D eigenvalue weighted by Gasteiger charge is -2.12. The number of thiocarbonyl (C=S) groups is 1. The number of amides is 1. The third-order valence-corrected chi connectivity index (χ3v) is 3.66. The molecule has 8 heteroatoms. The van der Waals surface area contributed by atoms with Gasteiger partial charge >= 0.3 is 5.97 Å². The number of ether oxygens (including phenoxy) is 2. The van der Waals surface area contributed by atoms with Gasteiger partial charge in [-0.2, -0.15) is 0 Å². The minimum absolute atomic E-state index is 0.170. The second-order valence-electron chi connectivity index (χ2n) is 5.27. The SMILES string of the molecule is CCCN1C(=O)/C(=C/c2ccc(OCC(=O)O)c(OCC)c2)NC1=S. The van der Waals surface area contributed by atoms with E-state index in [9.17, 15) is 9.59 Å². The molecule has 2 N–H and O–H groups in total. The standard InChI is InChI=1S/C17H20N2O5S/c1-3-7-19-16(22)12(18-17(19)25)8-11-5-6-13(24-10-15(20)21)14(9-11)23-4-2/h5-6,8-9H,3-4,7,10H2,1-2H3,(H,18,25)(H,20,21)/b12-8-. The van der Waals surface area contributed by atoms with Crippen LogP contribution in [0.3, 0.4) is 0 Å². The summed E-state index contributed by atoms with van der Waals surface area (Å²) < 4.78 is 10.7. The second kappa shape index (κ2) is 8.48. The van der Waals surface area contributed by atoms with Crippen LogP contribution in [0.1, 0.15) is 25.8 Å². The normalized spacial score (nSPS) is 15.4. The highest BCUT2D eigenvalue weighted by molar-refractivity contribution is 7.80. The minimum atomic E-state index is -1.07. The molecule has 25 heavy (non-hydrogen) atoms. The molecule has 1 aromatic rings. The van der Waals surface area contributed by atoms with Crippen molar-refractivity contribution >= 4 is 35.3 Å². The molecule has 1 heterocycles. The van der Waals surface area contributed by atoms with Crippen LogP contribution in [0.25, 0.3) is 6.08 Å². The van der Waals surface area contributed by atoms with Gasteiger partial charge in [-0.3, -0.25) is 9.69 Å². The van der Waals surface area contributed by atoms with Crippen LogP contribution in [0, 0.1) is 0 Å². The lowest BCUT2D eigenvalue weighted by atomic mass is 10.1. The summed E-state index contributed by atoms with van der Waals surface area (Å²) in [5.41, 5.74) is 1.10. The van der Waals surface area contributed by atoms with E-state index in [1.165, 1.54) is 4.90 Å². The first-order valence-electron chi connectivity index (χ1n) is 7.92. The van der Waals surface area contributed by atoms with E-state index in [4.69, 9.17) is 26.8 Å². The lowest BCUT2D eigenvalue weighted by Crippen LogP contribution is -2.31. The fourth-order valence-corrected chi connectivity index (χ4v) is 2.59. The van der Waals surface area contributed by atoms with Gasteiger partial charge in [-0.1, -0.05) is 13.0 Å². The molecule has 0 unspecified atom stereocenters. The summed E-state index contributed by atoms with van der Waals surface area (Å²) in [6.07, 6.45) is 2.48. The molecule has 1 saturated heterocycles. The Hall–Kier alpha value is -2.61. The van der Waals surface area contributed by atoms with Crippen molar-refractivity contribution in [2.24, 2.45) is 0 Å². The summed E-state index contributed by atoms with van der Waals surface area (Å²) in [4.78, 5) is 24.5. The molecule has 7 nitrogen and oxygen atoms in total. The van der Waals surface area contributed by atoms with Crippen molar-refractivity contribution in [2.45, 2.75) is 20.3 Å². The quantitative estimate of drug-likeness (QED) is 0.539. The molecule has 0 bridgehead atoms. The van der Waals surface area contributed by atoms with Gasteiger partial charge in [0.1, 0.15) is 5.70 Å². The first-order valence-corrected chi connectivity index (χ1v) is 8.33. The van der Waals surface area contributed by atoms with Crippen molar-refractivity contribution < 1.29 is 24.2 Å². The van der Waals surface area contributed by atoms with Crippen molar-refractivity contribution in [2.75, 3.05) is 19.8 Å². The first-order chi connectivity index (χ1) is 12.0. The maximum atomic E-state index is 12.4. The first kappa shape index (κ1) is 18.7. The van der Waals surface area contributed by atoms with E-state index in [2.05, 4.69) is 5.32 Å². The van der Waals surface area contributed by atoms with E-state index in [0.29, 0.717) is 41.0 Å². The van der Waals surface area contributed by atoms with Gasteiger partial charge < -0.3 is 19.9 Å². The number of nitrogens with one attached hydrogen (secondary N) is 1. The van der Waals surface area contributed by atoms with E-state index in [1.807, 2.05) is 13.8 Å². The number of aliphatic carboxylic acids is 1. The zero-order valence-corrected chi connectivity index (χ0v) is 14.9. The van der Waals surface area contributed by atoms with Gasteiger partial charge in [0.25, 0.3) is 5.91 Å². The van der Waals surface area contributed by atoms with Crippen LogP contribution < -0.4 is 14.8 Å². The molecule has 1 aromatic carbocycles. The molecule has 1 amide bonds. The average molecular weight is 364 g/mol. The van der Waals surface area contributed by atoms with Crippen LogP contribution in [0.2, 0.25) is 0 Å². The molecular formula is C17H20N2O5S. The monoisotopic (exact) mass is 364 g/mol. The summed E-state index contributed by atoms with van der Waals surface area (Å²) in [5, 5.41) is 12.0. The van der Waals surface area contributed by atoms with E-state index in [0.717, 1.165) is 6.42 Å². The molecular weight excluding hydrogens is 344 g/mol. The van der Waals surface area contributed by atoms with Crippen LogP contribution in [-0.2, 0) is 9.59 Å². The van der Waals surface area contributed by atoms with Gasteiger partial charge in [-0.15, -0.1) is 0 Å². The Kier molecular flexibility index (Phi) is 6.35. The highest BCUT2D eigenvalue weighted by atomic mass is 32.1. The number of carbonyl (C=O) groups is 2. The van der Waals surface area contributed by atoms with Gasteiger partial charge in [0.05, 0.1) is 6.61 Å². The number of benzene rings is 1. The molecule has 0 aliphatic carbocycles. The van der Waals surface area contributed by atoms with E-state index in [1.54, 1.807) is 24.3 Å². The Bertz CT molecular complexity index is 717. The smallest absolute Gasteiger partial charge is 0.341 e. The van der Waals surface area contributed by atoms with Gasteiger partial charge in [0, 0.05) is 6.54 Å². The fourth-order valence-electron chi connectivity index (χ4n) is 2.31. The minimum Gasteiger partial charge on any atom is -0.490 e. The predicted octanol–water partition coefficient (Wildman–Crippen LogP) is 2.02. The fraction of sp³-hybridized carbons (Fsp3) is 0.353. The molecule has 2 rings (SSSR count). The van der Waals surface area contributed by atoms with Crippen molar-refractivity contribution in [3.05, 3.63) is 29.5 Å². The third-order valence-electron chi connectivity index (χ3n) is 3.34. The van der Waals surface area contributed by atoms with Gasteiger partial charge in [0.2, 0.25) is 0 Å². The number of rotatable bonds is 8. The topological polar surface area (TPSA) is 88.1 Å². The molecule has 1 aliphatic heterocycles. The molecule has 0 saturated carbocycles. The number of nitrogens with zero attached hydrogens (tertiary/aromatic N) is 1. The maximum Gasteiger partial charge on any atom is 0.341 e. The molecule has 0 atom stereocenters. The summed E-state index contributed by atoms with van der Waals surface area (Å²) in [6.45, 7) is 4.29. The number of carbonyl (C=O) groups excluding carboxylic acids is 1. The molecule has 1 fully saturated rings. The van der Waals surface area contributed by atoms with Crippen molar-refractivity contribution in [3.63, 3.8) is 0 Å². The molecule has 0 aromatic heterocycles. The molecule has 134 valence electrons. The van der Waals surface area contributed by atoms with Crippen molar-refractivity contribution in [1.82, 2.24) is 10.2 Å². The van der Waals surface area contributed by atoms with Gasteiger partial charge in [-0.05, 0) is 49.3 Å². The summed E-state index contributed by atoms with van der Waals surface area (Å²) in [6, 6.07) is 5.02. The molecule has 1 aliphatic rings. The Morgan fingerprint density at radius 1 is 1.32 bits per heavy atom. The maximum absolute atomic E-state index is 12.4. The zero-order chi connectivity index (χ0) is 18.4. The van der Waals surface area contributed by atoms with Gasteiger partial charge in [-0.25, -0.2) is 4.79 Å². The average Bonchev–Trinajstić information content (AvgIpc) is 2.82. The Morgan fingerprint density at radius 2 is 2.08 bits per heavy atom. The Labute approximate surface area is 151 Å². The van der Waals surface area contributed by atoms with Crippen LogP contribution in [0.15, 0.2) is 23.9 Å². The van der Waals surface area contributed by atoms with Crippen LogP contribution in [0.4, 0.5) is 0 Å². The van der Waals surface area contributed by atoms with Crippen LogP contribution in [0.5, 0.6) is 11.5 Å². The largest absolute Gasteiger partial charge is 0.490 e. The molecule has 0 radical (unpaired) electrons. The Morgan fingerprint density at radius 3 is 2.72 bits per heavy atom. The summed E-state index contributed by atoms with van der Waals surface area (Å²) >= 11 is 5.18. The summed E-state index contributed by atoms with van der Waals surface area (Å²) in [5.74, 6) is -0.494. The molecule has 0 spiro atoms. The number of hydrogen-bond donors (Lipinski definition) is 2. The van der Waals surface area contributed by atoms with Crippen molar-refractivity contribution in [1.29, 1.82) is 0 Å². The van der Waals surface area contributed by atoms with Crippen LogP contribution in [-0.4, -0.2) is 46.8 Å². The zero-order valence-electron chi connectivity index (χ0n) is 14.1. The van der Waals surface area contributed by atoms with Crippen LogP contribution >= 0.6 is 12.2 Å². The van der Waals surface area contributed by atoms with E-state index in [-0.39, 0.29) is 5.91 Å². The Balaban J connectivity index is 2.24. The number of carboxylic acid groups (broad SMARTS) is 1.